The van der Waals surface area contributed by atoms with Crippen LogP contribution in [0.4, 0.5) is 0 Å². The molecule has 2 bridgehead atoms. The van der Waals surface area contributed by atoms with Crippen LogP contribution in [0, 0.1) is 16.7 Å². The van der Waals surface area contributed by atoms with Crippen molar-refractivity contribution < 1.29 is 77.0 Å². The number of aliphatic hydroxyl groups is 2. The van der Waals surface area contributed by atoms with Gasteiger partial charge in [-0.25, -0.2) is 9.59 Å². The van der Waals surface area contributed by atoms with Crippen molar-refractivity contribution in [3.05, 3.63) is 119 Å². The van der Waals surface area contributed by atoms with Crippen LogP contribution < -0.4 is 10.6 Å². The molecule has 1 aliphatic heterocycles. The number of hydrogen-bond acceptors (Lipinski definition) is 16. The molecule has 0 spiro atoms. The number of fused-ring (bicyclic) bond motifs is 5. The van der Waals surface area contributed by atoms with Crippen LogP contribution >= 0.6 is 0 Å². The lowest BCUT2D eigenvalue weighted by molar-refractivity contribution is -0.346. The van der Waals surface area contributed by atoms with Crippen molar-refractivity contribution >= 4 is 47.4 Å². The van der Waals surface area contributed by atoms with Crippen LogP contribution in [0.3, 0.4) is 0 Å². The number of Topliss-reactive ketones (excluding diaryl/α,β-unsaturated/α-hetero) is 1. The van der Waals surface area contributed by atoms with Gasteiger partial charge >= 0.3 is 29.8 Å². The van der Waals surface area contributed by atoms with E-state index in [1.807, 2.05) is 0 Å². The van der Waals surface area contributed by atoms with Gasteiger partial charge in [0, 0.05) is 51.1 Å². The zero-order chi connectivity index (χ0) is 50.9. The van der Waals surface area contributed by atoms with Crippen LogP contribution in [0.2, 0.25) is 0 Å². The van der Waals surface area contributed by atoms with E-state index in [0.717, 1.165) is 13.8 Å². The number of carbonyl (C=O) groups is 8. The summed E-state index contributed by atoms with van der Waals surface area (Å²) in [5.41, 5.74) is -7.67. The number of aliphatic hydroxyl groups excluding tert-OH is 1. The standard InChI is InChI=1S/C52H58N2O16/c1-28-34(67-48(63)41(59)40(31-17-11-8-12-18-31)54-46(61)32-19-13-9-14-20-32)26-52(64)45(69-47(62)33-21-15-10-16-22-33)43-50(6,44(60)42(66-29(2)55)39(28)49(52,4)5)35(68-38(58)24-23-37(57)53-7)25-36-51(43,27-65-36)70-30(3)56/h8-22,34-36,40-43,45,59,64H,23-27H2,1-7H3,(H,53,57)(H,54,61)/t34-,35-,36+,40-,41+,42+,43-,45-,50+,51-,52+/m0/s1. The number of ketones is 1. The SMILES string of the molecule is CNC(=O)CCC(=O)O[C@H]1C[C@H]2OC[C@@]2(OC(C)=O)[C@H]2[C@H](OC(=O)c3ccccc3)[C@]3(O)C[C@H](OC(=O)[C@H](O)[C@@H](NC(=O)c4ccccc4)c4ccccc4)C(C)=C([C@@H](OC(C)=O)C(=O)[C@]12C)C3(C)C. The average molecular weight is 967 g/mol. The summed E-state index contributed by atoms with van der Waals surface area (Å²) in [7, 11) is 1.39. The van der Waals surface area contributed by atoms with E-state index in [1.165, 1.54) is 46.9 Å². The van der Waals surface area contributed by atoms with E-state index in [2.05, 4.69) is 10.6 Å². The van der Waals surface area contributed by atoms with Gasteiger partial charge in [-0.1, -0.05) is 80.6 Å². The van der Waals surface area contributed by atoms with Gasteiger partial charge in [0.2, 0.25) is 5.91 Å². The Kier molecular flexibility index (Phi) is 14.5. The van der Waals surface area contributed by atoms with Gasteiger partial charge in [0.05, 0.1) is 36.0 Å². The molecule has 4 aliphatic rings. The Morgan fingerprint density at radius 1 is 0.800 bits per heavy atom. The first kappa shape index (κ1) is 51.1. The molecular formula is C52H58N2O16. The highest BCUT2D eigenvalue weighted by atomic mass is 16.6. The second kappa shape index (κ2) is 19.9. The molecule has 3 fully saturated rings. The molecule has 2 saturated carbocycles. The quantitative estimate of drug-likeness (QED) is 0.102. The predicted molar refractivity (Wildman–Crippen MR) is 245 cm³/mol. The molecule has 4 N–H and O–H groups in total. The molecule has 7 rings (SSSR count). The Morgan fingerprint density at radius 3 is 1.96 bits per heavy atom. The molecule has 3 aromatic rings. The smallest absolute Gasteiger partial charge is 0.338 e. The normalized spacial score (nSPS) is 29.4. The maximum Gasteiger partial charge on any atom is 0.338 e. The first-order valence-corrected chi connectivity index (χ1v) is 23.0. The molecule has 372 valence electrons. The van der Waals surface area contributed by atoms with Crippen LogP contribution in [0.1, 0.15) is 99.5 Å². The predicted octanol–water partition coefficient (Wildman–Crippen LogP) is 3.81. The van der Waals surface area contributed by atoms with Gasteiger partial charge in [0.1, 0.15) is 30.0 Å². The Morgan fingerprint density at radius 2 is 1.40 bits per heavy atom. The number of rotatable bonds is 14. The lowest BCUT2D eigenvalue weighted by Gasteiger charge is -2.67. The minimum atomic E-state index is -2.49. The molecule has 11 atom stereocenters. The summed E-state index contributed by atoms with van der Waals surface area (Å²) in [5, 5.41) is 31.0. The minimum absolute atomic E-state index is 0.0195. The second-order valence-electron chi connectivity index (χ2n) is 19.0. The fraction of sp³-hybridized carbons (Fsp3) is 0.462. The molecule has 1 saturated heterocycles. The first-order chi connectivity index (χ1) is 33.1. The molecule has 18 heteroatoms. The lowest BCUT2D eigenvalue weighted by Crippen LogP contribution is -2.82. The van der Waals surface area contributed by atoms with Crippen LogP contribution in [0.15, 0.2) is 102 Å². The third kappa shape index (κ3) is 9.22. The summed E-state index contributed by atoms with van der Waals surface area (Å²) in [6.07, 6.45) is -11.7. The van der Waals surface area contributed by atoms with Crippen LogP contribution in [-0.2, 0) is 57.2 Å². The Hall–Kier alpha value is -6.76. The fourth-order valence-electron chi connectivity index (χ4n) is 10.9. The summed E-state index contributed by atoms with van der Waals surface area (Å²) >= 11 is 0. The number of benzene rings is 3. The summed E-state index contributed by atoms with van der Waals surface area (Å²) in [6, 6.07) is 22.6. The maximum atomic E-state index is 16.1. The molecule has 0 aromatic heterocycles. The summed E-state index contributed by atoms with van der Waals surface area (Å²) in [4.78, 5) is 111. The third-order valence-corrected chi connectivity index (χ3v) is 14.6. The molecule has 0 radical (unpaired) electrons. The largest absolute Gasteiger partial charge is 0.461 e. The Bertz CT molecular complexity index is 2570. The van der Waals surface area contributed by atoms with Crippen LogP contribution in [0.25, 0.3) is 0 Å². The highest BCUT2D eigenvalue weighted by Gasteiger charge is 2.79. The van der Waals surface area contributed by atoms with Gasteiger partial charge < -0.3 is 49.3 Å². The van der Waals surface area contributed by atoms with Crippen molar-refractivity contribution in [3.63, 3.8) is 0 Å². The number of esters is 5. The van der Waals surface area contributed by atoms with Gasteiger partial charge in [-0.15, -0.1) is 0 Å². The second-order valence-corrected chi connectivity index (χ2v) is 19.0. The first-order valence-electron chi connectivity index (χ1n) is 23.0. The van der Waals surface area contributed by atoms with E-state index >= 15 is 4.79 Å². The van der Waals surface area contributed by atoms with Gasteiger partial charge in [0.25, 0.3) is 5.91 Å². The number of nitrogens with one attached hydrogen (secondary N) is 2. The lowest BCUT2D eigenvalue weighted by atomic mass is 9.44. The number of ether oxygens (including phenoxy) is 6. The van der Waals surface area contributed by atoms with E-state index in [9.17, 15) is 43.8 Å². The van der Waals surface area contributed by atoms with Crippen molar-refractivity contribution in [1.82, 2.24) is 10.6 Å². The highest BCUT2D eigenvalue weighted by Crippen LogP contribution is 2.65. The van der Waals surface area contributed by atoms with Crippen molar-refractivity contribution in [3.8, 4) is 0 Å². The van der Waals surface area contributed by atoms with E-state index in [4.69, 9.17) is 28.4 Å². The van der Waals surface area contributed by atoms with Crippen LogP contribution in [-0.4, -0.2) is 119 Å². The van der Waals surface area contributed by atoms with E-state index in [-0.39, 0.29) is 35.1 Å². The molecule has 1 heterocycles. The fourth-order valence-corrected chi connectivity index (χ4v) is 10.9. The Labute approximate surface area is 404 Å². The molecule has 3 aliphatic carbocycles. The Balaban J connectivity index is 1.41. The van der Waals surface area contributed by atoms with Crippen molar-refractivity contribution in [2.45, 2.75) is 121 Å². The average Bonchev–Trinajstić information content (AvgIpc) is 3.33. The molecule has 2 amide bonds. The zero-order valence-corrected chi connectivity index (χ0v) is 39.9. The van der Waals surface area contributed by atoms with Gasteiger partial charge in [-0.3, -0.25) is 28.8 Å². The number of amides is 2. The van der Waals surface area contributed by atoms with E-state index in [1.54, 1.807) is 78.9 Å². The van der Waals surface area contributed by atoms with Crippen molar-refractivity contribution in [1.29, 1.82) is 0 Å². The molecule has 0 unspecified atom stereocenters. The van der Waals surface area contributed by atoms with Crippen molar-refractivity contribution in [2.75, 3.05) is 13.7 Å². The van der Waals surface area contributed by atoms with E-state index in [0.29, 0.717) is 5.56 Å². The molecule has 3 aromatic carbocycles. The number of carbonyl (C=O) groups excluding carboxylic acids is 8. The monoisotopic (exact) mass is 966 g/mol. The summed E-state index contributed by atoms with van der Waals surface area (Å²) in [5.74, 6) is -8.63. The minimum Gasteiger partial charge on any atom is -0.461 e. The topological polar surface area (TPSA) is 256 Å². The summed E-state index contributed by atoms with van der Waals surface area (Å²) in [6.45, 7) is 7.75. The van der Waals surface area contributed by atoms with Gasteiger partial charge in [-0.05, 0) is 54.8 Å². The molecule has 70 heavy (non-hydrogen) atoms. The maximum absolute atomic E-state index is 16.1. The highest BCUT2D eigenvalue weighted by molar-refractivity contribution is 5.96. The van der Waals surface area contributed by atoms with Gasteiger partial charge in [-0.2, -0.15) is 0 Å². The third-order valence-electron chi connectivity index (χ3n) is 14.6. The number of hydrogen-bond donors (Lipinski definition) is 4. The van der Waals surface area contributed by atoms with Crippen LogP contribution in [0.5, 0.6) is 0 Å². The van der Waals surface area contributed by atoms with Gasteiger partial charge in [0.15, 0.2) is 23.6 Å². The molecule has 18 nitrogen and oxygen atoms in total. The van der Waals surface area contributed by atoms with Crippen molar-refractivity contribution in [2.24, 2.45) is 16.7 Å². The van der Waals surface area contributed by atoms with E-state index < -0.39 is 138 Å². The molecular weight excluding hydrogens is 909 g/mol. The summed E-state index contributed by atoms with van der Waals surface area (Å²) < 4.78 is 36.9. The zero-order valence-electron chi connectivity index (χ0n) is 39.9.